The molecule has 1 saturated heterocycles. The van der Waals surface area contributed by atoms with E-state index in [9.17, 15) is 4.79 Å². The monoisotopic (exact) mass is 447 g/mol. The number of pyridine rings is 1. The van der Waals surface area contributed by atoms with Crippen LogP contribution in [0.4, 0.5) is 5.69 Å². The van der Waals surface area contributed by atoms with E-state index in [1.165, 1.54) is 0 Å². The fraction of sp³-hybridized carbons (Fsp3) is 0.435. The van der Waals surface area contributed by atoms with Gasteiger partial charge in [0.15, 0.2) is 11.3 Å². The summed E-state index contributed by atoms with van der Waals surface area (Å²) in [7, 11) is 0. The number of nitrogens with one attached hydrogen (secondary N) is 1. The van der Waals surface area contributed by atoms with Crippen LogP contribution in [0, 0.1) is 12.8 Å². The van der Waals surface area contributed by atoms with Crippen LogP contribution in [0.1, 0.15) is 41.6 Å². The molecule has 0 radical (unpaired) electrons. The minimum atomic E-state index is -0.312. The number of fused-ring (bicyclic) bond motifs is 2. The van der Waals surface area contributed by atoms with Gasteiger partial charge >= 0.3 is 0 Å². The molecule has 1 aliphatic heterocycles. The summed E-state index contributed by atoms with van der Waals surface area (Å²) in [6, 6.07) is 1.81. The van der Waals surface area contributed by atoms with Crippen LogP contribution < -0.4 is 10.1 Å². The minimum absolute atomic E-state index is 0.0841. The highest BCUT2D eigenvalue weighted by atomic mass is 16.5. The van der Waals surface area contributed by atoms with E-state index in [4.69, 9.17) is 9.47 Å². The molecule has 10 nitrogen and oxygen atoms in total. The first kappa shape index (κ1) is 20.1. The van der Waals surface area contributed by atoms with E-state index in [1.807, 2.05) is 30.1 Å². The molecule has 1 N–H and O–H groups in total. The van der Waals surface area contributed by atoms with Gasteiger partial charge in [-0.2, -0.15) is 15.2 Å². The van der Waals surface area contributed by atoms with Gasteiger partial charge in [-0.25, -0.2) is 9.50 Å². The summed E-state index contributed by atoms with van der Waals surface area (Å²) in [6.45, 7) is 4.26. The van der Waals surface area contributed by atoms with Crippen molar-refractivity contribution >= 4 is 28.3 Å². The maximum Gasteiger partial charge on any atom is 0.261 e. The lowest BCUT2D eigenvalue weighted by molar-refractivity contribution is 0.0981. The van der Waals surface area contributed by atoms with Crippen molar-refractivity contribution in [1.29, 1.82) is 0 Å². The normalized spacial score (nSPS) is 18.6. The number of hydrogen-bond acceptors (Lipinski definition) is 7. The van der Waals surface area contributed by atoms with Gasteiger partial charge in [-0.05, 0) is 44.2 Å². The molecule has 0 aromatic carbocycles. The van der Waals surface area contributed by atoms with Crippen LogP contribution in [-0.2, 0) is 11.3 Å². The summed E-state index contributed by atoms with van der Waals surface area (Å²) in [5.41, 5.74) is 3.05. The topological polar surface area (TPSA) is 108 Å². The lowest BCUT2D eigenvalue weighted by atomic mass is 9.96. The maximum atomic E-state index is 13.3. The lowest BCUT2D eigenvalue weighted by Gasteiger charge is -2.26. The Labute approximate surface area is 189 Å². The molecule has 2 fully saturated rings. The molecule has 2 aliphatic rings. The molecular formula is C23H25N7O3. The van der Waals surface area contributed by atoms with Crippen molar-refractivity contribution in [2.45, 2.75) is 45.3 Å². The van der Waals surface area contributed by atoms with Crippen molar-refractivity contribution in [3.63, 3.8) is 0 Å². The number of carbonyl (C=O) groups is 1. The quantitative estimate of drug-likeness (QED) is 0.484. The largest absolute Gasteiger partial charge is 0.474 e. The van der Waals surface area contributed by atoms with Crippen molar-refractivity contribution in [3.8, 4) is 5.88 Å². The van der Waals surface area contributed by atoms with Gasteiger partial charge in [0.05, 0.1) is 12.8 Å². The van der Waals surface area contributed by atoms with E-state index >= 15 is 0 Å². The number of anilines is 1. The van der Waals surface area contributed by atoms with E-state index in [0.717, 1.165) is 56.4 Å². The first-order chi connectivity index (χ1) is 16.1. The molecule has 0 spiro atoms. The standard InChI is InChI=1S/C23H25N7O3/c1-14-8-24-21-19(9-25-30(21)10-14)26-22(31)18-7-16-12-29(11-15-5-6-32-13-15)28-20(16)27-23(18)33-17-3-2-4-17/h7-10,12,15,17H,2-6,11,13H2,1H3,(H,26,31)/t15-/m0/s1. The fourth-order valence-corrected chi connectivity index (χ4v) is 4.22. The van der Waals surface area contributed by atoms with Crippen LogP contribution in [0.5, 0.6) is 5.88 Å². The molecule has 1 amide bonds. The zero-order valence-corrected chi connectivity index (χ0v) is 18.4. The summed E-state index contributed by atoms with van der Waals surface area (Å²) in [4.78, 5) is 22.4. The van der Waals surface area contributed by atoms with Crippen molar-refractivity contribution in [2.24, 2.45) is 5.92 Å². The Bertz CT molecular complexity index is 1330. The number of carbonyl (C=O) groups excluding carboxylic acids is 1. The van der Waals surface area contributed by atoms with Gasteiger partial charge in [0, 0.05) is 43.0 Å². The first-order valence-electron chi connectivity index (χ1n) is 11.4. The van der Waals surface area contributed by atoms with Gasteiger partial charge in [-0.15, -0.1) is 0 Å². The van der Waals surface area contributed by atoms with Crippen LogP contribution in [-0.4, -0.2) is 54.6 Å². The summed E-state index contributed by atoms with van der Waals surface area (Å²) in [5.74, 6) is 0.451. The average molecular weight is 447 g/mol. The second-order valence-corrected chi connectivity index (χ2v) is 8.92. The van der Waals surface area contributed by atoms with Gasteiger partial charge in [0.1, 0.15) is 17.4 Å². The highest BCUT2D eigenvalue weighted by Crippen LogP contribution is 2.29. The highest BCUT2D eigenvalue weighted by Gasteiger charge is 2.25. The van der Waals surface area contributed by atoms with Crippen molar-refractivity contribution < 1.29 is 14.3 Å². The van der Waals surface area contributed by atoms with Gasteiger partial charge in [0.2, 0.25) is 5.88 Å². The zero-order valence-electron chi connectivity index (χ0n) is 18.4. The number of aryl methyl sites for hydroxylation is 1. The zero-order chi connectivity index (χ0) is 22.4. The van der Waals surface area contributed by atoms with Crippen molar-refractivity contribution in [1.82, 2.24) is 29.4 Å². The van der Waals surface area contributed by atoms with E-state index in [0.29, 0.717) is 34.3 Å². The van der Waals surface area contributed by atoms with E-state index < -0.39 is 0 Å². The number of hydrogen-bond donors (Lipinski definition) is 1. The molecule has 4 aromatic rings. The van der Waals surface area contributed by atoms with Gasteiger partial charge < -0.3 is 14.8 Å². The number of aromatic nitrogens is 6. The van der Waals surface area contributed by atoms with Crippen LogP contribution in [0.15, 0.2) is 30.9 Å². The number of amides is 1. The van der Waals surface area contributed by atoms with Gasteiger partial charge in [-0.1, -0.05) is 0 Å². The molecule has 10 heteroatoms. The average Bonchev–Trinajstić information content (AvgIpc) is 3.50. The van der Waals surface area contributed by atoms with E-state index in [2.05, 4.69) is 25.5 Å². The number of rotatable bonds is 6. The summed E-state index contributed by atoms with van der Waals surface area (Å²) < 4.78 is 15.1. The Morgan fingerprint density at radius 1 is 1.27 bits per heavy atom. The van der Waals surface area contributed by atoms with Crippen LogP contribution >= 0.6 is 0 Å². The maximum absolute atomic E-state index is 13.3. The third kappa shape index (κ3) is 3.91. The summed E-state index contributed by atoms with van der Waals surface area (Å²) in [5, 5.41) is 12.7. The SMILES string of the molecule is Cc1cnc2c(NC(=O)c3cc4cn(C[C@@H]5CCOC5)nc4nc3OC3CCC3)cnn2c1. The molecule has 0 bridgehead atoms. The summed E-state index contributed by atoms with van der Waals surface area (Å²) >= 11 is 0. The molecule has 33 heavy (non-hydrogen) atoms. The highest BCUT2D eigenvalue weighted by molar-refractivity contribution is 6.08. The second kappa shape index (κ2) is 8.11. The predicted octanol–water partition coefficient (Wildman–Crippen LogP) is 3.00. The number of nitrogens with zero attached hydrogens (tertiary/aromatic N) is 6. The van der Waals surface area contributed by atoms with Crippen LogP contribution in [0.3, 0.4) is 0 Å². The molecular weight excluding hydrogens is 422 g/mol. The van der Waals surface area contributed by atoms with Crippen molar-refractivity contribution in [2.75, 3.05) is 18.5 Å². The molecule has 5 heterocycles. The molecule has 0 unspecified atom stereocenters. The number of ether oxygens (including phenoxy) is 2. The third-order valence-electron chi connectivity index (χ3n) is 6.29. The van der Waals surface area contributed by atoms with Crippen LogP contribution in [0.25, 0.3) is 16.7 Å². The Morgan fingerprint density at radius 3 is 2.97 bits per heavy atom. The van der Waals surface area contributed by atoms with Gasteiger partial charge in [-0.3, -0.25) is 9.48 Å². The third-order valence-corrected chi connectivity index (χ3v) is 6.29. The Kier molecular flexibility index (Phi) is 4.94. The Morgan fingerprint density at radius 2 is 2.18 bits per heavy atom. The molecule has 4 aromatic heterocycles. The second-order valence-electron chi connectivity index (χ2n) is 8.92. The van der Waals surface area contributed by atoms with Gasteiger partial charge in [0.25, 0.3) is 5.91 Å². The van der Waals surface area contributed by atoms with Crippen molar-refractivity contribution in [3.05, 3.63) is 42.0 Å². The van der Waals surface area contributed by atoms with Crippen LogP contribution in [0.2, 0.25) is 0 Å². The first-order valence-corrected chi connectivity index (χ1v) is 11.4. The summed E-state index contributed by atoms with van der Waals surface area (Å²) in [6.07, 6.45) is 11.3. The Hall–Kier alpha value is -3.53. The van der Waals surface area contributed by atoms with E-state index in [1.54, 1.807) is 16.9 Å². The molecule has 1 aliphatic carbocycles. The van der Waals surface area contributed by atoms with E-state index in [-0.39, 0.29) is 12.0 Å². The fourth-order valence-electron chi connectivity index (χ4n) is 4.22. The predicted molar refractivity (Wildman–Crippen MR) is 120 cm³/mol. The lowest BCUT2D eigenvalue weighted by Crippen LogP contribution is -2.26. The molecule has 1 saturated carbocycles. The minimum Gasteiger partial charge on any atom is -0.474 e. The molecule has 1 atom stereocenters. The molecule has 170 valence electrons. The Balaban J connectivity index is 1.33. The molecule has 6 rings (SSSR count). The smallest absolute Gasteiger partial charge is 0.261 e.